The van der Waals surface area contributed by atoms with Crippen LogP contribution >= 0.6 is 0 Å². The molecule has 2 aromatic rings. The van der Waals surface area contributed by atoms with E-state index in [2.05, 4.69) is 10.6 Å². The minimum absolute atomic E-state index is 0.0573. The van der Waals surface area contributed by atoms with E-state index in [0.717, 1.165) is 62.7 Å². The summed E-state index contributed by atoms with van der Waals surface area (Å²) in [6.07, 6.45) is 7.25. The van der Waals surface area contributed by atoms with Gasteiger partial charge in [0.25, 0.3) is 0 Å². The lowest BCUT2D eigenvalue weighted by Gasteiger charge is -2.37. The van der Waals surface area contributed by atoms with Crippen LogP contribution in [0.15, 0.2) is 28.7 Å². The van der Waals surface area contributed by atoms with Gasteiger partial charge in [0.2, 0.25) is 11.8 Å². The Labute approximate surface area is 142 Å². The molecule has 0 bridgehead atoms. The Morgan fingerprint density at radius 2 is 2.04 bits per heavy atom. The number of hydrogen-bond acceptors (Lipinski definition) is 4. The van der Waals surface area contributed by atoms with Crippen LogP contribution in [0, 0.1) is 5.92 Å². The van der Waals surface area contributed by atoms with E-state index in [1.54, 1.807) is 0 Å². The zero-order valence-corrected chi connectivity index (χ0v) is 14.0. The van der Waals surface area contributed by atoms with E-state index in [1.807, 2.05) is 24.3 Å². The van der Waals surface area contributed by atoms with Crippen molar-refractivity contribution in [3.8, 4) is 0 Å². The van der Waals surface area contributed by atoms with Crippen LogP contribution in [0.25, 0.3) is 11.1 Å². The van der Waals surface area contributed by atoms with Gasteiger partial charge in [0, 0.05) is 6.54 Å². The minimum Gasteiger partial charge on any atom is -0.438 e. The first-order valence-corrected chi connectivity index (χ1v) is 9.16. The molecule has 4 rings (SSSR count). The van der Waals surface area contributed by atoms with Crippen LogP contribution in [0.3, 0.4) is 0 Å². The van der Waals surface area contributed by atoms with Crippen molar-refractivity contribution in [1.29, 1.82) is 0 Å². The summed E-state index contributed by atoms with van der Waals surface area (Å²) in [6.45, 7) is 1.79. The number of amides is 1. The number of carbonyl (C=O) groups excluding carboxylic acids is 1. The molecule has 5 nitrogen and oxygen atoms in total. The van der Waals surface area contributed by atoms with Gasteiger partial charge in [0.1, 0.15) is 11.1 Å². The monoisotopic (exact) mass is 327 g/mol. The highest BCUT2D eigenvalue weighted by Crippen LogP contribution is 2.38. The molecule has 128 valence electrons. The number of piperidine rings is 1. The number of rotatable bonds is 3. The van der Waals surface area contributed by atoms with Crippen LogP contribution < -0.4 is 10.6 Å². The van der Waals surface area contributed by atoms with Crippen LogP contribution in [-0.2, 0) is 10.3 Å². The fourth-order valence-electron chi connectivity index (χ4n) is 4.04. The second-order valence-electron chi connectivity index (χ2n) is 7.16. The summed E-state index contributed by atoms with van der Waals surface area (Å²) in [6, 6.07) is 7.83. The van der Waals surface area contributed by atoms with Gasteiger partial charge in [-0.15, -0.1) is 0 Å². The smallest absolute Gasteiger partial charge is 0.225 e. The highest BCUT2D eigenvalue weighted by molar-refractivity contribution is 5.80. The molecule has 0 spiro atoms. The van der Waals surface area contributed by atoms with Crippen LogP contribution in [0.5, 0.6) is 0 Å². The SMILES string of the molecule is O=C(NC1(c2nc3ccccc3o2)CCCCC1)[C@H]1CCCNC1. The van der Waals surface area contributed by atoms with Gasteiger partial charge in [-0.2, -0.15) is 0 Å². The molecule has 5 heteroatoms. The van der Waals surface area contributed by atoms with Gasteiger partial charge in [-0.1, -0.05) is 31.4 Å². The molecule has 1 atom stereocenters. The van der Waals surface area contributed by atoms with E-state index in [1.165, 1.54) is 6.42 Å². The third-order valence-corrected chi connectivity index (χ3v) is 5.44. The molecule has 1 aliphatic heterocycles. The Kier molecular flexibility index (Phi) is 4.27. The summed E-state index contributed by atoms with van der Waals surface area (Å²) >= 11 is 0. The zero-order valence-electron chi connectivity index (χ0n) is 14.0. The number of fused-ring (bicyclic) bond motifs is 1. The molecule has 2 heterocycles. The van der Waals surface area contributed by atoms with Crippen molar-refractivity contribution in [2.24, 2.45) is 5.92 Å². The fourth-order valence-corrected chi connectivity index (χ4v) is 4.04. The molecule has 2 aliphatic rings. The Morgan fingerprint density at radius 3 is 2.79 bits per heavy atom. The normalized spacial score (nSPS) is 23.9. The zero-order chi connectivity index (χ0) is 16.4. The number of aromatic nitrogens is 1. The summed E-state index contributed by atoms with van der Waals surface area (Å²) in [5.41, 5.74) is 1.23. The highest BCUT2D eigenvalue weighted by atomic mass is 16.4. The Morgan fingerprint density at radius 1 is 1.21 bits per heavy atom. The maximum absolute atomic E-state index is 12.8. The number of oxazole rings is 1. The van der Waals surface area contributed by atoms with Gasteiger partial charge in [0.05, 0.1) is 5.92 Å². The Balaban J connectivity index is 1.63. The summed E-state index contributed by atoms with van der Waals surface area (Å²) < 4.78 is 6.06. The largest absolute Gasteiger partial charge is 0.438 e. The number of hydrogen-bond donors (Lipinski definition) is 2. The summed E-state index contributed by atoms with van der Waals surface area (Å²) in [5.74, 6) is 0.883. The van der Waals surface area contributed by atoms with E-state index in [0.29, 0.717) is 5.89 Å². The third kappa shape index (κ3) is 2.93. The second-order valence-corrected chi connectivity index (χ2v) is 7.16. The lowest BCUT2D eigenvalue weighted by Crippen LogP contribution is -2.51. The van der Waals surface area contributed by atoms with Crippen molar-refractivity contribution in [2.75, 3.05) is 13.1 Å². The van der Waals surface area contributed by atoms with Gasteiger partial charge in [-0.3, -0.25) is 4.79 Å². The minimum atomic E-state index is -0.439. The van der Waals surface area contributed by atoms with E-state index < -0.39 is 5.54 Å². The molecule has 0 radical (unpaired) electrons. The maximum atomic E-state index is 12.8. The molecule has 2 N–H and O–H groups in total. The lowest BCUT2D eigenvalue weighted by atomic mass is 9.80. The van der Waals surface area contributed by atoms with Crippen molar-refractivity contribution >= 4 is 17.0 Å². The van der Waals surface area contributed by atoms with Crippen LogP contribution in [0.2, 0.25) is 0 Å². The van der Waals surface area contributed by atoms with Gasteiger partial charge in [0.15, 0.2) is 5.58 Å². The molecule has 24 heavy (non-hydrogen) atoms. The molecule has 0 unspecified atom stereocenters. The van der Waals surface area contributed by atoms with E-state index >= 15 is 0 Å². The molecule has 1 amide bonds. The predicted molar refractivity (Wildman–Crippen MR) is 92.5 cm³/mol. The number of nitrogens with one attached hydrogen (secondary N) is 2. The molecular weight excluding hydrogens is 302 g/mol. The van der Waals surface area contributed by atoms with Crippen LogP contribution in [0.4, 0.5) is 0 Å². The summed E-state index contributed by atoms with van der Waals surface area (Å²) in [5, 5.41) is 6.67. The topological polar surface area (TPSA) is 67.2 Å². The number of para-hydroxylation sites is 2. The van der Waals surface area contributed by atoms with Crippen molar-refractivity contribution < 1.29 is 9.21 Å². The number of carbonyl (C=O) groups is 1. The molecular formula is C19H25N3O2. The maximum Gasteiger partial charge on any atom is 0.225 e. The van der Waals surface area contributed by atoms with Crippen LogP contribution in [-0.4, -0.2) is 24.0 Å². The van der Waals surface area contributed by atoms with Gasteiger partial charge >= 0.3 is 0 Å². The van der Waals surface area contributed by atoms with E-state index in [4.69, 9.17) is 9.40 Å². The third-order valence-electron chi connectivity index (χ3n) is 5.44. The van der Waals surface area contributed by atoms with Gasteiger partial charge in [-0.25, -0.2) is 4.98 Å². The highest BCUT2D eigenvalue weighted by Gasteiger charge is 2.41. The molecule has 1 saturated carbocycles. The first-order valence-electron chi connectivity index (χ1n) is 9.16. The van der Waals surface area contributed by atoms with E-state index in [9.17, 15) is 4.79 Å². The molecule has 1 aromatic carbocycles. The Bertz CT molecular complexity index is 679. The Hall–Kier alpha value is -1.88. The summed E-state index contributed by atoms with van der Waals surface area (Å²) in [4.78, 5) is 17.5. The van der Waals surface area contributed by atoms with Gasteiger partial charge < -0.3 is 15.1 Å². The van der Waals surface area contributed by atoms with Gasteiger partial charge in [-0.05, 0) is 44.4 Å². The first-order chi connectivity index (χ1) is 11.8. The quantitative estimate of drug-likeness (QED) is 0.909. The number of benzene rings is 1. The van der Waals surface area contributed by atoms with Crippen LogP contribution in [0.1, 0.15) is 50.8 Å². The second kappa shape index (κ2) is 6.55. The molecule has 1 aromatic heterocycles. The average Bonchev–Trinajstić information content (AvgIpc) is 3.08. The first kappa shape index (κ1) is 15.6. The van der Waals surface area contributed by atoms with Crippen molar-refractivity contribution in [3.05, 3.63) is 30.2 Å². The van der Waals surface area contributed by atoms with Crippen molar-refractivity contribution in [3.63, 3.8) is 0 Å². The average molecular weight is 327 g/mol. The van der Waals surface area contributed by atoms with E-state index in [-0.39, 0.29) is 11.8 Å². The summed E-state index contributed by atoms with van der Waals surface area (Å²) in [7, 11) is 0. The molecule has 2 fully saturated rings. The fraction of sp³-hybridized carbons (Fsp3) is 0.579. The lowest BCUT2D eigenvalue weighted by molar-refractivity contribution is -0.128. The number of nitrogens with zero attached hydrogens (tertiary/aromatic N) is 1. The molecule has 1 saturated heterocycles. The predicted octanol–water partition coefficient (Wildman–Crippen LogP) is 3.10. The standard InChI is InChI=1S/C19H25N3O2/c23-17(14-7-6-12-20-13-14)22-19(10-4-1-5-11-19)18-21-15-8-2-3-9-16(15)24-18/h2-3,8-9,14,20H,1,4-7,10-13H2,(H,22,23)/t14-/m0/s1. The van der Waals surface area contributed by atoms with Crippen molar-refractivity contribution in [1.82, 2.24) is 15.6 Å². The molecule has 1 aliphatic carbocycles. The van der Waals surface area contributed by atoms with Crippen molar-refractivity contribution in [2.45, 2.75) is 50.5 Å².